The predicted molar refractivity (Wildman–Crippen MR) is 98.4 cm³/mol. The predicted octanol–water partition coefficient (Wildman–Crippen LogP) is 4.42. The molecule has 0 saturated heterocycles. The highest BCUT2D eigenvalue weighted by atomic mass is 127. The second kappa shape index (κ2) is 5.79. The summed E-state index contributed by atoms with van der Waals surface area (Å²) in [5, 5.41) is 13.0. The van der Waals surface area contributed by atoms with Gasteiger partial charge in [0.25, 0.3) is 0 Å². The Bertz CT molecular complexity index is 779. The Hall–Kier alpha value is -1.61. The number of benzene rings is 1. The van der Waals surface area contributed by atoms with Crippen LogP contribution in [0.3, 0.4) is 0 Å². The van der Waals surface area contributed by atoms with Crippen LogP contribution >= 0.6 is 22.6 Å². The normalized spacial score (nSPS) is 23.3. The second-order valence-corrected chi connectivity index (χ2v) is 8.34. The van der Waals surface area contributed by atoms with Crippen molar-refractivity contribution in [3.05, 3.63) is 55.9 Å². The van der Waals surface area contributed by atoms with Crippen molar-refractivity contribution >= 4 is 28.4 Å². The van der Waals surface area contributed by atoms with Gasteiger partial charge in [0.1, 0.15) is 0 Å². The number of halogens is 1. The SMILES string of the molecule is CC1=C(C#N)[C@H](c2ccc(I)cc2)C2=C(CC(C)(C)CC2=O)N1. The van der Waals surface area contributed by atoms with E-state index in [0.29, 0.717) is 12.0 Å². The van der Waals surface area contributed by atoms with Crippen molar-refractivity contribution in [2.75, 3.05) is 0 Å². The standard InChI is InChI=1S/C19H19IN2O/c1-11-14(10-21)17(12-4-6-13(20)7-5-12)18-15(22-11)8-19(2,3)9-16(18)23/h4-7,17,22H,8-9H2,1-3H3/t17-/m0/s1. The number of carbonyl (C=O) groups excluding carboxylic acids is 1. The number of dihydropyridines is 1. The molecule has 0 radical (unpaired) electrons. The molecule has 1 aromatic rings. The topological polar surface area (TPSA) is 52.9 Å². The lowest BCUT2D eigenvalue weighted by molar-refractivity contribution is -0.118. The van der Waals surface area contributed by atoms with Crippen molar-refractivity contribution in [3.8, 4) is 6.07 Å². The Kier molecular flexibility index (Phi) is 4.09. The molecule has 0 bridgehead atoms. The molecule has 1 N–H and O–H groups in total. The van der Waals surface area contributed by atoms with E-state index in [2.05, 4.69) is 47.8 Å². The van der Waals surface area contributed by atoms with Gasteiger partial charge in [0.15, 0.2) is 5.78 Å². The lowest BCUT2D eigenvalue weighted by atomic mass is 9.69. The van der Waals surface area contributed by atoms with Crippen molar-refractivity contribution < 1.29 is 4.79 Å². The molecular weight excluding hydrogens is 399 g/mol. The summed E-state index contributed by atoms with van der Waals surface area (Å²) in [7, 11) is 0. The van der Waals surface area contributed by atoms with Gasteiger partial charge in [-0.15, -0.1) is 0 Å². The lowest BCUT2D eigenvalue weighted by Crippen LogP contribution is -2.36. The first kappa shape index (κ1) is 16.3. The quantitative estimate of drug-likeness (QED) is 0.688. The van der Waals surface area contributed by atoms with Gasteiger partial charge < -0.3 is 5.32 Å². The maximum Gasteiger partial charge on any atom is 0.162 e. The Labute approximate surface area is 150 Å². The smallest absolute Gasteiger partial charge is 0.162 e. The molecule has 23 heavy (non-hydrogen) atoms. The van der Waals surface area contributed by atoms with Crippen LogP contribution in [0.15, 0.2) is 46.8 Å². The van der Waals surface area contributed by atoms with E-state index in [4.69, 9.17) is 0 Å². The lowest BCUT2D eigenvalue weighted by Gasteiger charge is -2.38. The monoisotopic (exact) mass is 418 g/mol. The first-order chi connectivity index (χ1) is 10.8. The minimum atomic E-state index is -0.239. The first-order valence-corrected chi connectivity index (χ1v) is 8.80. The van der Waals surface area contributed by atoms with Crippen molar-refractivity contribution in [1.29, 1.82) is 5.26 Å². The van der Waals surface area contributed by atoms with Gasteiger partial charge in [0, 0.05) is 27.0 Å². The molecule has 0 fully saturated rings. The number of nitriles is 1. The van der Waals surface area contributed by atoms with Gasteiger partial charge in [-0.3, -0.25) is 4.79 Å². The van der Waals surface area contributed by atoms with E-state index >= 15 is 0 Å². The van der Waals surface area contributed by atoms with Crippen LogP contribution in [0.2, 0.25) is 0 Å². The summed E-state index contributed by atoms with van der Waals surface area (Å²) in [4.78, 5) is 12.8. The molecule has 1 aromatic carbocycles. The van der Waals surface area contributed by atoms with Crippen LogP contribution in [-0.2, 0) is 4.79 Å². The number of hydrogen-bond acceptors (Lipinski definition) is 3. The van der Waals surface area contributed by atoms with Crippen molar-refractivity contribution in [2.45, 2.75) is 39.5 Å². The summed E-state index contributed by atoms with van der Waals surface area (Å²) in [5.74, 6) is -0.0793. The Morgan fingerprint density at radius 1 is 1.26 bits per heavy atom. The number of carbonyl (C=O) groups is 1. The first-order valence-electron chi connectivity index (χ1n) is 7.72. The molecule has 1 heterocycles. The van der Waals surface area contributed by atoms with Crippen molar-refractivity contribution in [1.82, 2.24) is 5.32 Å². The molecule has 0 amide bonds. The van der Waals surface area contributed by atoms with E-state index in [9.17, 15) is 10.1 Å². The van der Waals surface area contributed by atoms with E-state index in [-0.39, 0.29) is 17.1 Å². The fourth-order valence-electron chi connectivity index (χ4n) is 3.57. The molecule has 118 valence electrons. The molecule has 0 aromatic heterocycles. The Balaban J connectivity index is 2.17. The maximum atomic E-state index is 12.8. The van der Waals surface area contributed by atoms with Crippen LogP contribution in [0.25, 0.3) is 0 Å². The van der Waals surface area contributed by atoms with Gasteiger partial charge in [-0.25, -0.2) is 0 Å². The van der Waals surface area contributed by atoms with E-state index in [1.807, 2.05) is 31.2 Å². The molecule has 2 aliphatic rings. The molecule has 3 rings (SSSR count). The fraction of sp³-hybridized carbons (Fsp3) is 0.368. The van der Waals surface area contributed by atoms with E-state index in [0.717, 1.165) is 32.5 Å². The molecular formula is C19H19IN2O. The molecule has 1 aliphatic carbocycles. The van der Waals surface area contributed by atoms with Crippen LogP contribution in [0, 0.1) is 20.3 Å². The molecule has 0 spiro atoms. The van der Waals surface area contributed by atoms with Crippen LogP contribution in [0.4, 0.5) is 0 Å². The van der Waals surface area contributed by atoms with Gasteiger partial charge in [-0.1, -0.05) is 26.0 Å². The maximum absolute atomic E-state index is 12.8. The number of nitrogens with zero attached hydrogens (tertiary/aromatic N) is 1. The number of hydrogen-bond donors (Lipinski definition) is 1. The zero-order valence-electron chi connectivity index (χ0n) is 13.5. The molecule has 3 nitrogen and oxygen atoms in total. The van der Waals surface area contributed by atoms with Crippen LogP contribution in [0.5, 0.6) is 0 Å². The molecule has 4 heteroatoms. The van der Waals surface area contributed by atoms with E-state index in [1.54, 1.807) is 0 Å². The highest BCUT2D eigenvalue weighted by molar-refractivity contribution is 14.1. The number of nitrogens with one attached hydrogen (secondary N) is 1. The molecule has 1 aliphatic heterocycles. The largest absolute Gasteiger partial charge is 0.361 e. The van der Waals surface area contributed by atoms with Gasteiger partial charge >= 0.3 is 0 Å². The zero-order valence-corrected chi connectivity index (χ0v) is 15.7. The number of rotatable bonds is 1. The highest BCUT2D eigenvalue weighted by Crippen LogP contribution is 2.46. The number of ketones is 1. The van der Waals surface area contributed by atoms with Crippen LogP contribution < -0.4 is 5.32 Å². The average molecular weight is 418 g/mol. The summed E-state index contributed by atoms with van der Waals surface area (Å²) < 4.78 is 1.14. The minimum absolute atomic E-state index is 0.0377. The highest BCUT2D eigenvalue weighted by Gasteiger charge is 2.40. The van der Waals surface area contributed by atoms with Crippen molar-refractivity contribution in [2.24, 2.45) is 5.41 Å². The van der Waals surface area contributed by atoms with Gasteiger partial charge in [-0.2, -0.15) is 5.26 Å². The zero-order chi connectivity index (χ0) is 16.8. The summed E-state index contributed by atoms with van der Waals surface area (Å²) in [5.41, 5.74) is 4.27. The molecule has 0 unspecified atom stereocenters. The fourth-order valence-corrected chi connectivity index (χ4v) is 3.93. The van der Waals surface area contributed by atoms with Crippen LogP contribution in [-0.4, -0.2) is 5.78 Å². The number of Topliss-reactive ketones (excluding diaryl/α,β-unsaturated/α-hetero) is 1. The molecule has 1 atom stereocenters. The minimum Gasteiger partial charge on any atom is -0.361 e. The summed E-state index contributed by atoms with van der Waals surface area (Å²) >= 11 is 2.26. The second-order valence-electron chi connectivity index (χ2n) is 7.09. The third kappa shape index (κ3) is 2.94. The molecule has 0 saturated carbocycles. The van der Waals surface area contributed by atoms with Gasteiger partial charge in [0.2, 0.25) is 0 Å². The summed E-state index contributed by atoms with van der Waals surface area (Å²) in [6.45, 7) is 6.16. The van der Waals surface area contributed by atoms with Crippen LogP contribution in [0.1, 0.15) is 45.1 Å². The summed E-state index contributed by atoms with van der Waals surface area (Å²) in [6, 6.07) is 10.4. The average Bonchev–Trinajstić information content (AvgIpc) is 2.45. The van der Waals surface area contributed by atoms with Crippen molar-refractivity contribution in [3.63, 3.8) is 0 Å². The Morgan fingerprint density at radius 3 is 2.52 bits per heavy atom. The number of allylic oxidation sites excluding steroid dienone is 4. The third-order valence-corrected chi connectivity index (χ3v) is 5.28. The van der Waals surface area contributed by atoms with Gasteiger partial charge in [-0.05, 0) is 59.0 Å². The van der Waals surface area contributed by atoms with E-state index in [1.165, 1.54) is 0 Å². The van der Waals surface area contributed by atoms with E-state index < -0.39 is 0 Å². The summed E-state index contributed by atoms with van der Waals surface area (Å²) in [6.07, 6.45) is 1.37. The third-order valence-electron chi connectivity index (χ3n) is 4.56. The van der Waals surface area contributed by atoms with Gasteiger partial charge in [0.05, 0.1) is 17.6 Å². The Morgan fingerprint density at radius 2 is 1.91 bits per heavy atom.